The van der Waals surface area contributed by atoms with Crippen molar-refractivity contribution in [2.24, 2.45) is 0 Å². The third kappa shape index (κ3) is 7.00. The SMILES string of the molecule is CO.COC(=O)c1cc(F)c(F)cc1[N+](=O)[O-].O=C(O)c1cc(F)c(F)cc1[N+](=O)[O-]. The summed E-state index contributed by atoms with van der Waals surface area (Å²) in [6.45, 7) is 0. The summed E-state index contributed by atoms with van der Waals surface area (Å²) in [7, 11) is 1.98. The maximum absolute atomic E-state index is 12.7. The molecule has 0 aromatic heterocycles. The zero-order valence-electron chi connectivity index (χ0n) is 15.5. The van der Waals surface area contributed by atoms with E-state index in [1.165, 1.54) is 0 Å². The number of carbonyl (C=O) groups is 2. The summed E-state index contributed by atoms with van der Waals surface area (Å²) < 4.78 is 54.6. The molecule has 31 heavy (non-hydrogen) atoms. The molecule has 0 fully saturated rings. The van der Waals surface area contributed by atoms with Crippen molar-refractivity contribution in [2.45, 2.75) is 0 Å². The Morgan fingerprint density at radius 1 is 0.806 bits per heavy atom. The highest BCUT2D eigenvalue weighted by Gasteiger charge is 2.24. The van der Waals surface area contributed by atoms with Gasteiger partial charge in [0.05, 0.1) is 29.1 Å². The second kappa shape index (κ2) is 11.8. The molecule has 168 valence electrons. The first kappa shape index (κ1) is 26.9. The van der Waals surface area contributed by atoms with Gasteiger partial charge in [0.2, 0.25) is 0 Å². The van der Waals surface area contributed by atoms with Crippen molar-refractivity contribution >= 4 is 23.3 Å². The van der Waals surface area contributed by atoms with Gasteiger partial charge in [0, 0.05) is 7.11 Å². The standard InChI is InChI=1S/C8H5F2NO4.C7H3F2NO4.CH4O/c1-15-8(12)4-2-5(9)6(10)3-7(4)11(13)14;8-4-1-3(7(11)12)6(10(13)14)2-5(4)9;1-2/h2-3H,1H3;1-2H,(H,11,12);2H,1H3. The topological polar surface area (TPSA) is 170 Å². The number of aliphatic hydroxyl groups excluding tert-OH is 1. The predicted molar refractivity (Wildman–Crippen MR) is 92.5 cm³/mol. The third-order valence-corrected chi connectivity index (χ3v) is 3.11. The molecular weight excluding hydrogens is 440 g/mol. The lowest BCUT2D eigenvalue weighted by molar-refractivity contribution is -0.385. The van der Waals surface area contributed by atoms with Crippen LogP contribution < -0.4 is 0 Å². The summed E-state index contributed by atoms with van der Waals surface area (Å²) in [6.07, 6.45) is 0. The number of esters is 1. The Bertz CT molecular complexity index is 976. The number of carbonyl (C=O) groups excluding carboxylic acids is 1. The minimum Gasteiger partial charge on any atom is -0.477 e. The zero-order chi connectivity index (χ0) is 24.5. The fourth-order valence-corrected chi connectivity index (χ4v) is 1.82. The Kier molecular flexibility index (Phi) is 10.2. The highest BCUT2D eigenvalue weighted by molar-refractivity contribution is 5.94. The fourth-order valence-electron chi connectivity index (χ4n) is 1.82. The minimum absolute atomic E-state index is 0.235. The van der Waals surface area contributed by atoms with E-state index in [1.54, 1.807) is 0 Å². The van der Waals surface area contributed by atoms with E-state index in [1.807, 2.05) is 0 Å². The molecule has 0 atom stereocenters. The lowest BCUT2D eigenvalue weighted by Gasteiger charge is -2.01. The van der Waals surface area contributed by atoms with Crippen LogP contribution in [0.4, 0.5) is 28.9 Å². The van der Waals surface area contributed by atoms with Gasteiger partial charge in [0.1, 0.15) is 11.1 Å². The van der Waals surface area contributed by atoms with Gasteiger partial charge in [0.25, 0.3) is 11.4 Å². The molecule has 15 heteroatoms. The van der Waals surface area contributed by atoms with Gasteiger partial charge in [0.15, 0.2) is 23.3 Å². The Labute approximate surface area is 169 Å². The number of carboxylic acids is 1. The van der Waals surface area contributed by atoms with Crippen LogP contribution in [-0.2, 0) is 4.74 Å². The molecule has 0 saturated heterocycles. The molecule has 0 aliphatic rings. The number of methoxy groups -OCH3 is 1. The maximum Gasteiger partial charge on any atom is 0.345 e. The molecule has 2 rings (SSSR count). The summed E-state index contributed by atoms with van der Waals surface area (Å²) in [5, 5.41) is 36.1. The molecule has 0 aliphatic carbocycles. The van der Waals surface area contributed by atoms with E-state index < -0.39 is 67.6 Å². The molecule has 0 spiro atoms. The van der Waals surface area contributed by atoms with Gasteiger partial charge in [-0.15, -0.1) is 0 Å². The van der Waals surface area contributed by atoms with E-state index in [-0.39, 0.29) is 12.1 Å². The number of nitrogens with zero attached hydrogens (tertiary/aromatic N) is 2. The van der Waals surface area contributed by atoms with Gasteiger partial charge in [-0.1, -0.05) is 0 Å². The van der Waals surface area contributed by atoms with Gasteiger partial charge < -0.3 is 14.9 Å². The van der Waals surface area contributed by atoms with E-state index in [9.17, 15) is 47.4 Å². The first-order chi connectivity index (χ1) is 14.4. The number of aromatic carboxylic acids is 1. The summed E-state index contributed by atoms with van der Waals surface area (Å²) in [5.74, 6) is -8.42. The van der Waals surface area contributed by atoms with Crippen LogP contribution in [0.25, 0.3) is 0 Å². The molecule has 11 nitrogen and oxygen atoms in total. The van der Waals surface area contributed by atoms with Crippen LogP contribution in [-0.4, -0.2) is 46.2 Å². The quantitative estimate of drug-likeness (QED) is 0.306. The number of nitro groups is 2. The van der Waals surface area contributed by atoms with Crippen LogP contribution in [0.3, 0.4) is 0 Å². The van der Waals surface area contributed by atoms with Crippen LogP contribution in [0.5, 0.6) is 0 Å². The fraction of sp³-hybridized carbons (Fsp3) is 0.125. The normalized spacial score (nSPS) is 9.39. The molecule has 0 heterocycles. The van der Waals surface area contributed by atoms with Crippen molar-refractivity contribution in [3.8, 4) is 0 Å². The third-order valence-electron chi connectivity index (χ3n) is 3.11. The van der Waals surface area contributed by atoms with Crippen LogP contribution >= 0.6 is 0 Å². The predicted octanol–water partition coefficient (Wildman–Crippen LogP) is 2.84. The highest BCUT2D eigenvalue weighted by atomic mass is 19.2. The van der Waals surface area contributed by atoms with E-state index in [0.717, 1.165) is 14.2 Å². The number of halogens is 4. The summed E-state index contributed by atoms with van der Waals surface area (Å²) in [6, 6.07) is 1.27. The van der Waals surface area contributed by atoms with E-state index >= 15 is 0 Å². The average Bonchev–Trinajstić information content (AvgIpc) is 2.72. The number of hydrogen-bond donors (Lipinski definition) is 2. The number of nitro benzene ring substituents is 2. The molecule has 2 N–H and O–H groups in total. The Balaban J connectivity index is 0.000000539. The van der Waals surface area contributed by atoms with Gasteiger partial charge in [-0.25, -0.2) is 27.2 Å². The first-order valence-electron chi connectivity index (χ1n) is 7.43. The van der Waals surface area contributed by atoms with E-state index in [2.05, 4.69) is 4.74 Å². The number of aliphatic hydroxyl groups is 1. The number of hydrogen-bond acceptors (Lipinski definition) is 8. The zero-order valence-corrected chi connectivity index (χ0v) is 15.5. The molecule has 0 radical (unpaired) electrons. The molecule has 2 aromatic rings. The average molecular weight is 452 g/mol. The number of carboxylic acid groups (broad SMARTS) is 1. The number of ether oxygens (including phenoxy) is 1. The van der Waals surface area contributed by atoms with E-state index in [4.69, 9.17) is 10.2 Å². The second-order valence-corrected chi connectivity index (χ2v) is 4.88. The monoisotopic (exact) mass is 452 g/mol. The summed E-state index contributed by atoms with van der Waals surface area (Å²) in [5.41, 5.74) is -3.31. The highest BCUT2D eigenvalue weighted by Crippen LogP contribution is 2.23. The van der Waals surface area contributed by atoms with E-state index in [0.29, 0.717) is 12.1 Å². The largest absolute Gasteiger partial charge is 0.477 e. The molecule has 0 unspecified atom stereocenters. The molecule has 0 bridgehead atoms. The number of rotatable bonds is 4. The van der Waals surface area contributed by atoms with Gasteiger partial charge in [-0.05, 0) is 12.1 Å². The lowest BCUT2D eigenvalue weighted by atomic mass is 10.1. The first-order valence-corrected chi connectivity index (χ1v) is 7.43. The smallest absolute Gasteiger partial charge is 0.345 e. The van der Waals surface area contributed by atoms with Crippen molar-refractivity contribution < 1.29 is 51.9 Å². The van der Waals surface area contributed by atoms with Crippen molar-refractivity contribution in [1.82, 2.24) is 0 Å². The molecule has 0 aliphatic heterocycles. The number of benzene rings is 2. The van der Waals surface area contributed by atoms with Crippen molar-refractivity contribution in [3.63, 3.8) is 0 Å². The summed E-state index contributed by atoms with van der Waals surface area (Å²) >= 11 is 0. The Morgan fingerprint density at radius 2 is 1.13 bits per heavy atom. The van der Waals surface area contributed by atoms with Gasteiger partial charge in [-0.3, -0.25) is 20.2 Å². The Hall–Kier alpha value is -4.14. The van der Waals surface area contributed by atoms with Gasteiger partial charge in [-0.2, -0.15) is 0 Å². The van der Waals surface area contributed by atoms with Crippen LogP contribution in [0.2, 0.25) is 0 Å². The van der Waals surface area contributed by atoms with Crippen LogP contribution in [0.1, 0.15) is 20.7 Å². The minimum atomic E-state index is -1.68. The molecule has 2 aromatic carbocycles. The lowest BCUT2D eigenvalue weighted by Crippen LogP contribution is -2.07. The van der Waals surface area contributed by atoms with Crippen LogP contribution in [0, 0.1) is 43.5 Å². The van der Waals surface area contributed by atoms with Crippen molar-refractivity contribution in [3.05, 3.63) is 78.9 Å². The molecule has 0 saturated carbocycles. The molecular formula is C16H12F4N2O9. The maximum atomic E-state index is 12.7. The van der Waals surface area contributed by atoms with Crippen molar-refractivity contribution in [2.75, 3.05) is 14.2 Å². The second-order valence-electron chi connectivity index (χ2n) is 4.88. The molecule has 0 amide bonds. The summed E-state index contributed by atoms with van der Waals surface area (Å²) in [4.78, 5) is 40.0. The Morgan fingerprint density at radius 3 is 1.45 bits per heavy atom. The van der Waals surface area contributed by atoms with Crippen LogP contribution in [0.15, 0.2) is 24.3 Å². The van der Waals surface area contributed by atoms with Gasteiger partial charge >= 0.3 is 11.9 Å². The van der Waals surface area contributed by atoms with Crippen molar-refractivity contribution in [1.29, 1.82) is 0 Å².